The van der Waals surface area contributed by atoms with Crippen molar-refractivity contribution in [3.05, 3.63) is 179 Å². The molecule has 0 N–H and O–H groups in total. The van der Waals surface area contributed by atoms with Gasteiger partial charge in [0, 0.05) is 21.6 Å². The molecule has 9 aromatic carbocycles. The fourth-order valence-electron chi connectivity index (χ4n) is 10.3. The Hall–Kier alpha value is -6.70. The van der Waals surface area contributed by atoms with Gasteiger partial charge in [-0.25, -0.2) is 0 Å². The van der Waals surface area contributed by atoms with Crippen LogP contribution in [0.2, 0.25) is 0 Å². The molecule has 1 heterocycles. The van der Waals surface area contributed by atoms with Crippen LogP contribution in [-0.2, 0) is 5.41 Å². The zero-order chi connectivity index (χ0) is 37.1. The van der Waals surface area contributed by atoms with Crippen molar-refractivity contribution in [1.29, 1.82) is 0 Å². The van der Waals surface area contributed by atoms with Crippen LogP contribution in [0.3, 0.4) is 0 Å². The van der Waals surface area contributed by atoms with Gasteiger partial charge in [0.15, 0.2) is 0 Å². The van der Waals surface area contributed by atoms with Crippen LogP contribution in [0.4, 0.5) is 0 Å². The number of benzene rings is 9. The molecule has 1 aromatic heterocycles. The van der Waals surface area contributed by atoms with Crippen molar-refractivity contribution < 1.29 is 4.42 Å². The lowest BCUT2D eigenvalue weighted by Gasteiger charge is -2.23. The van der Waals surface area contributed by atoms with Crippen LogP contribution in [-0.4, -0.2) is 0 Å². The zero-order valence-electron chi connectivity index (χ0n) is 31.5. The summed E-state index contributed by atoms with van der Waals surface area (Å²) in [6.07, 6.45) is 7.05. The Bertz CT molecular complexity index is 3430. The summed E-state index contributed by atoms with van der Waals surface area (Å²) >= 11 is 0. The molecule has 264 valence electrons. The third-order valence-corrected chi connectivity index (χ3v) is 12.8. The smallest absolute Gasteiger partial charge is 0.143 e. The number of para-hydroxylation sites is 1. The summed E-state index contributed by atoms with van der Waals surface area (Å²) in [5.41, 5.74) is 14.9. The molecule has 0 radical (unpaired) electrons. The van der Waals surface area contributed by atoms with Crippen LogP contribution in [0.25, 0.3) is 111 Å². The monoisotopic (exact) mass is 714 g/mol. The molecule has 2 aliphatic carbocycles. The highest BCUT2D eigenvalue weighted by Crippen LogP contribution is 2.56. The van der Waals surface area contributed by atoms with E-state index in [1.165, 1.54) is 109 Å². The molecule has 1 heteroatoms. The highest BCUT2D eigenvalue weighted by Gasteiger charge is 2.40. The highest BCUT2D eigenvalue weighted by molar-refractivity contribution is 6.23. The van der Waals surface area contributed by atoms with E-state index in [2.05, 4.69) is 184 Å². The van der Waals surface area contributed by atoms with E-state index in [1.54, 1.807) is 0 Å². The van der Waals surface area contributed by atoms with E-state index < -0.39 is 0 Å². The Kier molecular flexibility index (Phi) is 6.58. The first kappa shape index (κ1) is 31.6. The molecule has 0 unspecified atom stereocenters. The number of rotatable bonds is 3. The predicted molar refractivity (Wildman–Crippen MR) is 238 cm³/mol. The summed E-state index contributed by atoms with van der Waals surface area (Å²) in [7, 11) is 0. The summed E-state index contributed by atoms with van der Waals surface area (Å²) < 4.78 is 6.62. The minimum Gasteiger partial charge on any atom is -0.455 e. The normalized spacial score (nSPS) is 14.2. The topological polar surface area (TPSA) is 13.1 Å². The largest absolute Gasteiger partial charge is 0.455 e. The highest BCUT2D eigenvalue weighted by atomic mass is 16.3. The van der Waals surface area contributed by atoms with Crippen molar-refractivity contribution in [2.24, 2.45) is 0 Å². The summed E-state index contributed by atoms with van der Waals surface area (Å²) in [6, 6.07) is 58.4. The lowest BCUT2D eigenvalue weighted by atomic mass is 9.79. The SMILES string of the molecule is CC1(C)c2ccc(-c3ccc4cc(-c5c6c(c(-c7ccccc7)c7ccccc57)=CCCC=6)ccc4c3)cc2-c2c1c1c3ccccc3oc1c1ccccc21. The molecule has 0 atom stereocenters. The van der Waals surface area contributed by atoms with Gasteiger partial charge in [-0.2, -0.15) is 0 Å². The molecule has 0 fully saturated rings. The van der Waals surface area contributed by atoms with E-state index in [0.717, 1.165) is 24.0 Å². The van der Waals surface area contributed by atoms with E-state index in [-0.39, 0.29) is 5.41 Å². The lowest BCUT2D eigenvalue weighted by Crippen LogP contribution is -2.31. The maximum absolute atomic E-state index is 6.62. The van der Waals surface area contributed by atoms with Gasteiger partial charge in [-0.05, 0) is 130 Å². The molecule has 0 aliphatic heterocycles. The lowest BCUT2D eigenvalue weighted by molar-refractivity contribution is 0.659. The van der Waals surface area contributed by atoms with Crippen LogP contribution in [0.1, 0.15) is 37.8 Å². The molecule has 2 aliphatic rings. The van der Waals surface area contributed by atoms with Gasteiger partial charge in [0.05, 0.1) is 0 Å². The third kappa shape index (κ3) is 4.37. The van der Waals surface area contributed by atoms with Crippen molar-refractivity contribution in [2.45, 2.75) is 32.1 Å². The average Bonchev–Trinajstić information content (AvgIpc) is 3.75. The Balaban J connectivity index is 1.02. The van der Waals surface area contributed by atoms with Crippen molar-refractivity contribution in [3.8, 4) is 44.5 Å². The van der Waals surface area contributed by atoms with Gasteiger partial charge in [-0.15, -0.1) is 0 Å². The first-order valence-electron chi connectivity index (χ1n) is 19.9. The van der Waals surface area contributed by atoms with Crippen LogP contribution in [0, 0.1) is 0 Å². The molecule has 1 nitrogen and oxygen atoms in total. The van der Waals surface area contributed by atoms with Gasteiger partial charge < -0.3 is 4.42 Å². The first-order chi connectivity index (χ1) is 27.5. The number of furan rings is 1. The van der Waals surface area contributed by atoms with E-state index >= 15 is 0 Å². The van der Waals surface area contributed by atoms with Crippen LogP contribution >= 0.6 is 0 Å². The van der Waals surface area contributed by atoms with Gasteiger partial charge in [0.1, 0.15) is 11.2 Å². The van der Waals surface area contributed by atoms with E-state index in [0.29, 0.717) is 0 Å². The molecular formula is C55H38O. The van der Waals surface area contributed by atoms with Gasteiger partial charge in [-0.1, -0.05) is 159 Å². The van der Waals surface area contributed by atoms with Gasteiger partial charge in [-0.3, -0.25) is 0 Å². The summed E-state index contributed by atoms with van der Waals surface area (Å²) in [6.45, 7) is 4.76. The summed E-state index contributed by atoms with van der Waals surface area (Å²) in [5, 5.41) is 12.7. The molecule has 56 heavy (non-hydrogen) atoms. The molecule has 0 saturated carbocycles. The number of hydrogen-bond donors (Lipinski definition) is 0. The molecule has 0 bridgehead atoms. The minimum absolute atomic E-state index is 0.185. The summed E-state index contributed by atoms with van der Waals surface area (Å²) in [4.78, 5) is 0. The predicted octanol–water partition coefficient (Wildman–Crippen LogP) is 13.7. The summed E-state index contributed by atoms with van der Waals surface area (Å²) in [5.74, 6) is 0. The second-order valence-electron chi connectivity index (χ2n) is 16.2. The fourth-order valence-corrected chi connectivity index (χ4v) is 10.3. The number of hydrogen-bond acceptors (Lipinski definition) is 1. The van der Waals surface area contributed by atoms with Crippen molar-refractivity contribution in [2.75, 3.05) is 0 Å². The maximum Gasteiger partial charge on any atom is 0.143 e. The van der Waals surface area contributed by atoms with Crippen molar-refractivity contribution in [1.82, 2.24) is 0 Å². The van der Waals surface area contributed by atoms with Crippen LogP contribution < -0.4 is 10.4 Å². The Labute approximate surface area is 325 Å². The van der Waals surface area contributed by atoms with Gasteiger partial charge in [0.25, 0.3) is 0 Å². The molecule has 0 spiro atoms. The zero-order valence-corrected chi connectivity index (χ0v) is 31.5. The number of fused-ring (bicyclic) bond motifs is 13. The van der Waals surface area contributed by atoms with Crippen molar-refractivity contribution in [3.63, 3.8) is 0 Å². The first-order valence-corrected chi connectivity index (χ1v) is 19.9. The minimum atomic E-state index is -0.185. The fraction of sp³-hybridized carbons (Fsp3) is 0.0909. The molecule has 0 amide bonds. The van der Waals surface area contributed by atoms with Gasteiger partial charge in [0.2, 0.25) is 0 Å². The Morgan fingerprint density at radius 3 is 1.70 bits per heavy atom. The molecule has 10 aromatic rings. The average molecular weight is 715 g/mol. The second-order valence-corrected chi connectivity index (χ2v) is 16.2. The van der Waals surface area contributed by atoms with Crippen molar-refractivity contribution >= 4 is 66.4 Å². The van der Waals surface area contributed by atoms with E-state index in [4.69, 9.17) is 4.42 Å². The third-order valence-electron chi connectivity index (χ3n) is 12.8. The maximum atomic E-state index is 6.62. The second kappa shape index (κ2) is 11.7. The Morgan fingerprint density at radius 1 is 0.446 bits per heavy atom. The molecule has 0 saturated heterocycles. The van der Waals surface area contributed by atoms with Crippen LogP contribution in [0.15, 0.2) is 162 Å². The van der Waals surface area contributed by atoms with Crippen LogP contribution in [0.5, 0.6) is 0 Å². The van der Waals surface area contributed by atoms with E-state index in [9.17, 15) is 0 Å². The van der Waals surface area contributed by atoms with Gasteiger partial charge >= 0.3 is 0 Å². The quantitative estimate of drug-likeness (QED) is 0.178. The molecular weight excluding hydrogens is 677 g/mol. The Morgan fingerprint density at radius 2 is 0.982 bits per heavy atom. The van der Waals surface area contributed by atoms with E-state index in [1.807, 2.05) is 0 Å². The molecule has 12 rings (SSSR count). The standard InChI is InChI=1S/C55H38O/c1-55(2)47-29-28-37(32-46(47)51-43-20-10-11-21-44(43)54-52(53(51)55)45-22-12-13-23-48(45)56-54)35-24-25-36-31-38(27-26-34(36)30-35)50-41-18-8-6-16-39(41)49(33-14-4-3-5-15-33)40-17-7-9-19-42(40)50/h3-6,8,10-32H,7,9H2,1-2H3.